The van der Waals surface area contributed by atoms with Crippen LogP contribution in [0.15, 0.2) is 35.7 Å². The summed E-state index contributed by atoms with van der Waals surface area (Å²) < 4.78 is 0. The second-order valence-electron chi connectivity index (χ2n) is 7.58. The number of carbonyl (C=O) groups excluding carboxylic acids is 2. The van der Waals surface area contributed by atoms with Gasteiger partial charge in [0.2, 0.25) is 5.91 Å². The molecule has 0 saturated carbocycles. The zero-order chi connectivity index (χ0) is 21.1. The van der Waals surface area contributed by atoms with Gasteiger partial charge in [-0.2, -0.15) is 0 Å². The molecule has 2 aliphatic rings. The van der Waals surface area contributed by atoms with Crippen LogP contribution in [0.3, 0.4) is 0 Å². The number of likely N-dealkylation sites (tertiary alicyclic amines) is 1. The first kappa shape index (κ1) is 21.3. The second-order valence-corrected chi connectivity index (χ2v) is 9.34. The number of nitrogens with zero attached hydrogens (tertiary/aromatic N) is 3. The molecule has 1 N–H and O–H groups in total. The van der Waals surface area contributed by atoms with Crippen molar-refractivity contribution in [2.24, 2.45) is 5.92 Å². The molecule has 1 aromatic heterocycles. The number of amides is 3. The van der Waals surface area contributed by atoms with Crippen molar-refractivity contribution in [3.63, 3.8) is 0 Å². The Labute approximate surface area is 190 Å². The van der Waals surface area contributed by atoms with Gasteiger partial charge in [-0.15, -0.1) is 11.3 Å². The molecule has 160 valence electrons. The van der Waals surface area contributed by atoms with E-state index in [4.69, 9.17) is 23.2 Å². The Morgan fingerprint density at radius 1 is 0.933 bits per heavy atom. The molecule has 0 aliphatic carbocycles. The first-order valence-electron chi connectivity index (χ1n) is 10.1. The number of halogens is 2. The topological polar surface area (TPSA) is 55.9 Å². The number of thiophene rings is 1. The molecule has 2 aromatic rings. The quantitative estimate of drug-likeness (QED) is 0.715. The van der Waals surface area contributed by atoms with E-state index in [0.717, 1.165) is 23.8 Å². The summed E-state index contributed by atoms with van der Waals surface area (Å²) in [5.74, 6) is 0.203. The molecular weight excluding hydrogens is 443 g/mol. The van der Waals surface area contributed by atoms with Crippen molar-refractivity contribution in [2.75, 3.05) is 49.5 Å². The number of piperazine rings is 1. The highest BCUT2D eigenvalue weighted by Gasteiger charge is 2.31. The average molecular weight is 467 g/mol. The minimum Gasteiger partial charge on any atom is -0.368 e. The lowest BCUT2D eigenvalue weighted by molar-refractivity contribution is -0.137. The predicted octanol–water partition coefficient (Wildman–Crippen LogP) is 4.65. The molecule has 4 rings (SSSR count). The van der Waals surface area contributed by atoms with E-state index in [2.05, 4.69) is 10.2 Å². The fourth-order valence-electron chi connectivity index (χ4n) is 3.99. The Kier molecular flexibility index (Phi) is 6.71. The van der Waals surface area contributed by atoms with Crippen LogP contribution in [-0.2, 0) is 4.79 Å². The highest BCUT2D eigenvalue weighted by atomic mass is 35.5. The Bertz CT molecular complexity index is 892. The average Bonchev–Trinajstić information content (AvgIpc) is 3.28. The van der Waals surface area contributed by atoms with Gasteiger partial charge >= 0.3 is 6.03 Å². The minimum absolute atomic E-state index is 0.00712. The zero-order valence-corrected chi connectivity index (χ0v) is 18.8. The van der Waals surface area contributed by atoms with Gasteiger partial charge in [0.15, 0.2) is 0 Å². The Balaban J connectivity index is 1.25. The van der Waals surface area contributed by atoms with Crippen LogP contribution in [-0.4, -0.2) is 61.0 Å². The monoisotopic (exact) mass is 466 g/mol. The summed E-state index contributed by atoms with van der Waals surface area (Å²) in [6.07, 6.45) is 1.42. The van der Waals surface area contributed by atoms with E-state index < -0.39 is 0 Å². The fourth-order valence-corrected chi connectivity index (χ4v) is 4.89. The summed E-state index contributed by atoms with van der Waals surface area (Å²) in [4.78, 5) is 31.3. The molecule has 9 heteroatoms. The molecule has 0 atom stereocenters. The zero-order valence-electron chi connectivity index (χ0n) is 16.5. The van der Waals surface area contributed by atoms with Gasteiger partial charge in [0.1, 0.15) is 0 Å². The summed E-state index contributed by atoms with van der Waals surface area (Å²) in [7, 11) is 0. The molecule has 1 aromatic carbocycles. The first-order valence-corrected chi connectivity index (χ1v) is 11.7. The third kappa shape index (κ3) is 4.85. The Hall–Kier alpha value is -1.96. The van der Waals surface area contributed by atoms with Gasteiger partial charge in [0.05, 0.1) is 15.0 Å². The third-order valence-electron chi connectivity index (χ3n) is 5.74. The molecule has 3 amide bonds. The maximum absolute atomic E-state index is 13.0. The number of hydrogen-bond acceptors (Lipinski definition) is 4. The largest absolute Gasteiger partial charge is 0.368 e. The smallest absolute Gasteiger partial charge is 0.322 e. The van der Waals surface area contributed by atoms with Gasteiger partial charge in [-0.3, -0.25) is 10.1 Å². The van der Waals surface area contributed by atoms with Crippen molar-refractivity contribution in [1.82, 2.24) is 9.80 Å². The molecule has 2 saturated heterocycles. The number of urea groups is 1. The van der Waals surface area contributed by atoms with Crippen molar-refractivity contribution in [2.45, 2.75) is 12.8 Å². The summed E-state index contributed by atoms with van der Waals surface area (Å²) in [5.41, 5.74) is 1.03. The lowest BCUT2D eigenvalue weighted by Crippen LogP contribution is -2.52. The molecule has 0 spiro atoms. The highest BCUT2D eigenvalue weighted by Crippen LogP contribution is 2.28. The lowest BCUT2D eigenvalue weighted by atomic mass is 9.95. The van der Waals surface area contributed by atoms with E-state index >= 15 is 0 Å². The number of piperidine rings is 1. The molecule has 3 heterocycles. The first-order chi connectivity index (χ1) is 14.5. The molecular formula is C21H24Cl2N4O2S. The van der Waals surface area contributed by atoms with E-state index in [1.807, 2.05) is 34.5 Å². The van der Waals surface area contributed by atoms with Gasteiger partial charge in [-0.25, -0.2) is 4.79 Å². The number of anilines is 2. The second kappa shape index (κ2) is 9.45. The molecule has 0 bridgehead atoms. The van der Waals surface area contributed by atoms with E-state index in [0.29, 0.717) is 49.1 Å². The van der Waals surface area contributed by atoms with Crippen LogP contribution >= 0.6 is 34.5 Å². The molecule has 30 heavy (non-hydrogen) atoms. The maximum atomic E-state index is 13.0. The van der Waals surface area contributed by atoms with Crippen molar-refractivity contribution in [1.29, 1.82) is 0 Å². The number of carbonyl (C=O) groups is 2. The van der Waals surface area contributed by atoms with Gasteiger partial charge in [0, 0.05) is 50.9 Å². The molecule has 2 fully saturated rings. The van der Waals surface area contributed by atoms with Crippen molar-refractivity contribution >= 4 is 57.2 Å². The Morgan fingerprint density at radius 3 is 2.30 bits per heavy atom. The highest BCUT2D eigenvalue weighted by molar-refractivity contribution is 7.14. The van der Waals surface area contributed by atoms with Crippen molar-refractivity contribution < 1.29 is 9.59 Å². The van der Waals surface area contributed by atoms with Crippen LogP contribution in [0.4, 0.5) is 15.5 Å². The van der Waals surface area contributed by atoms with E-state index in [9.17, 15) is 9.59 Å². The Morgan fingerprint density at radius 2 is 1.67 bits per heavy atom. The standard InChI is InChI=1S/C21H24Cl2N4O2S/c22-17-4-3-16(14-18(17)23)25-9-11-26(12-10-25)20(28)15-5-7-27(8-6-15)21(29)24-19-2-1-13-30-19/h1-4,13-15H,5-12H2,(H,24,29). The van der Waals surface area contributed by atoms with E-state index in [1.54, 1.807) is 11.0 Å². The number of nitrogens with one attached hydrogen (secondary N) is 1. The lowest BCUT2D eigenvalue weighted by Gasteiger charge is -2.39. The van der Waals surface area contributed by atoms with Crippen molar-refractivity contribution in [3.8, 4) is 0 Å². The van der Waals surface area contributed by atoms with Crippen LogP contribution in [0, 0.1) is 5.92 Å². The summed E-state index contributed by atoms with van der Waals surface area (Å²) in [6, 6.07) is 9.35. The molecule has 0 radical (unpaired) electrons. The number of benzene rings is 1. The van der Waals surface area contributed by atoms with E-state index in [1.165, 1.54) is 11.3 Å². The molecule has 6 nitrogen and oxygen atoms in total. The number of hydrogen-bond donors (Lipinski definition) is 1. The van der Waals surface area contributed by atoms with Crippen LogP contribution in [0.5, 0.6) is 0 Å². The predicted molar refractivity (Wildman–Crippen MR) is 123 cm³/mol. The maximum Gasteiger partial charge on any atom is 0.322 e. The summed E-state index contributed by atoms with van der Waals surface area (Å²) >= 11 is 13.6. The third-order valence-corrected chi connectivity index (χ3v) is 7.27. The molecule has 0 unspecified atom stereocenters. The van der Waals surface area contributed by atoms with Gasteiger partial charge in [0.25, 0.3) is 0 Å². The van der Waals surface area contributed by atoms with Crippen molar-refractivity contribution in [3.05, 3.63) is 45.8 Å². The SMILES string of the molecule is O=C(Nc1cccs1)N1CCC(C(=O)N2CCN(c3ccc(Cl)c(Cl)c3)CC2)CC1. The van der Waals surface area contributed by atoms with Gasteiger partial charge in [-0.1, -0.05) is 23.2 Å². The van der Waals surface area contributed by atoms with Gasteiger partial charge in [-0.05, 0) is 48.6 Å². The normalized spacial score (nSPS) is 17.9. The molecule has 2 aliphatic heterocycles. The van der Waals surface area contributed by atoms with Crippen LogP contribution in [0.2, 0.25) is 10.0 Å². The van der Waals surface area contributed by atoms with Crippen LogP contribution in [0.25, 0.3) is 0 Å². The summed E-state index contributed by atoms with van der Waals surface area (Å²) in [6.45, 7) is 4.14. The minimum atomic E-state index is -0.0846. The van der Waals surface area contributed by atoms with E-state index in [-0.39, 0.29) is 17.9 Å². The van der Waals surface area contributed by atoms with Crippen LogP contribution in [0.1, 0.15) is 12.8 Å². The fraction of sp³-hybridized carbons (Fsp3) is 0.429. The van der Waals surface area contributed by atoms with Gasteiger partial charge < -0.3 is 14.7 Å². The summed E-state index contributed by atoms with van der Waals surface area (Å²) in [5, 5.41) is 6.78. The number of rotatable bonds is 3. The van der Waals surface area contributed by atoms with Crippen LogP contribution < -0.4 is 10.2 Å².